The zero-order valence-corrected chi connectivity index (χ0v) is 19.3. The van der Waals surface area contributed by atoms with Crippen LogP contribution in [0.2, 0.25) is 0 Å². The van der Waals surface area contributed by atoms with E-state index in [0.717, 1.165) is 23.3 Å². The van der Waals surface area contributed by atoms with Crippen LogP contribution in [0.1, 0.15) is 41.0 Å². The summed E-state index contributed by atoms with van der Waals surface area (Å²) < 4.78 is 64.5. The van der Waals surface area contributed by atoms with Crippen LogP contribution in [-0.2, 0) is 28.6 Å². The van der Waals surface area contributed by atoms with Crippen molar-refractivity contribution in [2.24, 2.45) is 5.92 Å². The van der Waals surface area contributed by atoms with Crippen LogP contribution in [0.15, 0.2) is 48.7 Å². The van der Waals surface area contributed by atoms with Crippen molar-refractivity contribution >= 4 is 17.5 Å². The average Bonchev–Trinajstić information content (AvgIpc) is 3.35. The summed E-state index contributed by atoms with van der Waals surface area (Å²) in [6, 6.07) is 9.42. The summed E-state index contributed by atoms with van der Waals surface area (Å²) in [4.78, 5) is 28.5. The lowest BCUT2D eigenvalue weighted by Crippen LogP contribution is -2.20. The number of amides is 1. The zero-order chi connectivity index (χ0) is 25.9. The number of Topliss-reactive ketones (excluding diaryl/α,β-unsaturated/α-hetero) is 1. The second-order valence-corrected chi connectivity index (χ2v) is 9.48. The minimum absolute atomic E-state index is 0.00871. The summed E-state index contributed by atoms with van der Waals surface area (Å²) in [6.07, 6.45) is -2.52. The van der Waals surface area contributed by atoms with Gasteiger partial charge < -0.3 is 14.8 Å². The van der Waals surface area contributed by atoms with Crippen molar-refractivity contribution in [2.75, 3.05) is 5.32 Å². The molecule has 190 valence electrons. The number of nitrogens with one attached hydrogen (secondary N) is 1. The van der Waals surface area contributed by atoms with Gasteiger partial charge in [-0.15, -0.1) is 0 Å². The fourth-order valence-corrected chi connectivity index (χ4v) is 5.15. The van der Waals surface area contributed by atoms with E-state index >= 15 is 0 Å². The molecule has 3 aliphatic rings. The van der Waals surface area contributed by atoms with Crippen molar-refractivity contribution in [3.63, 3.8) is 0 Å². The molecule has 0 saturated heterocycles. The predicted molar refractivity (Wildman–Crippen MR) is 123 cm³/mol. The summed E-state index contributed by atoms with van der Waals surface area (Å²) in [5, 5.41) is 2.74. The average molecular weight is 512 g/mol. The fraction of sp³-hybridized carbons (Fsp3) is 0.296. The molecule has 1 saturated carbocycles. The first-order valence-corrected chi connectivity index (χ1v) is 11.8. The lowest BCUT2D eigenvalue weighted by molar-refractivity contribution is -0.137. The predicted octanol–water partition coefficient (Wildman–Crippen LogP) is 5.59. The SMILES string of the molecule is O=C(Cc1ccc(C(F)(F)F)cc1F)C[C@H]1[C@H]2Oc3ccc(Oc4ccnc5c4CCC(=O)N5)cc3[C@@H]12. The molecule has 37 heavy (non-hydrogen) atoms. The molecule has 1 aliphatic carbocycles. The Morgan fingerprint density at radius 2 is 1.97 bits per heavy atom. The van der Waals surface area contributed by atoms with E-state index in [9.17, 15) is 27.2 Å². The molecule has 3 aromatic rings. The Morgan fingerprint density at radius 1 is 1.14 bits per heavy atom. The number of halogens is 4. The number of hydrogen-bond acceptors (Lipinski definition) is 5. The Bertz CT molecular complexity index is 1440. The van der Waals surface area contributed by atoms with Gasteiger partial charge in [-0.1, -0.05) is 6.07 Å². The third-order valence-corrected chi connectivity index (χ3v) is 7.03. The minimum Gasteiger partial charge on any atom is -0.489 e. The van der Waals surface area contributed by atoms with E-state index in [2.05, 4.69) is 10.3 Å². The Balaban J connectivity index is 1.12. The van der Waals surface area contributed by atoms with Crippen molar-refractivity contribution in [1.82, 2.24) is 4.98 Å². The molecule has 3 atom stereocenters. The number of alkyl halides is 3. The molecule has 0 unspecified atom stereocenters. The van der Waals surface area contributed by atoms with Crippen molar-refractivity contribution in [1.29, 1.82) is 0 Å². The number of rotatable bonds is 6. The summed E-state index contributed by atoms with van der Waals surface area (Å²) in [6.45, 7) is 0. The fourth-order valence-electron chi connectivity index (χ4n) is 5.15. The normalized spacial score (nSPS) is 21.3. The number of ketones is 1. The minimum atomic E-state index is -4.64. The van der Waals surface area contributed by atoms with Crippen LogP contribution in [0.3, 0.4) is 0 Å². The molecule has 3 heterocycles. The van der Waals surface area contributed by atoms with Crippen LogP contribution in [0, 0.1) is 11.7 Å². The van der Waals surface area contributed by atoms with Crippen molar-refractivity contribution in [3.8, 4) is 17.2 Å². The zero-order valence-electron chi connectivity index (χ0n) is 19.3. The number of anilines is 1. The number of carbonyl (C=O) groups is 2. The number of nitrogens with zero attached hydrogens (tertiary/aromatic N) is 1. The van der Waals surface area contributed by atoms with Crippen LogP contribution in [-0.4, -0.2) is 22.8 Å². The number of aromatic nitrogens is 1. The molecule has 10 heteroatoms. The molecule has 0 bridgehead atoms. The lowest BCUT2D eigenvalue weighted by Gasteiger charge is -2.19. The van der Waals surface area contributed by atoms with Gasteiger partial charge in [0.2, 0.25) is 5.91 Å². The first kappa shape index (κ1) is 23.4. The number of ether oxygens (including phenoxy) is 2. The molecule has 1 aromatic heterocycles. The van der Waals surface area contributed by atoms with Crippen LogP contribution in [0.4, 0.5) is 23.4 Å². The first-order valence-electron chi connectivity index (χ1n) is 11.8. The number of fused-ring (bicyclic) bond motifs is 4. The van der Waals surface area contributed by atoms with E-state index in [-0.39, 0.29) is 48.0 Å². The van der Waals surface area contributed by atoms with Crippen molar-refractivity contribution in [2.45, 2.75) is 43.9 Å². The maximum atomic E-state index is 14.2. The smallest absolute Gasteiger partial charge is 0.416 e. The summed E-state index contributed by atoms with van der Waals surface area (Å²) in [7, 11) is 0. The van der Waals surface area contributed by atoms with E-state index in [1.165, 1.54) is 0 Å². The number of benzene rings is 2. The molecule has 1 amide bonds. The second kappa shape index (κ2) is 8.57. The van der Waals surface area contributed by atoms with Gasteiger partial charge in [-0.2, -0.15) is 13.2 Å². The molecular weight excluding hydrogens is 492 g/mol. The van der Waals surface area contributed by atoms with E-state index in [1.54, 1.807) is 18.3 Å². The first-order chi connectivity index (χ1) is 17.7. The number of carbonyl (C=O) groups excluding carboxylic acids is 2. The molecule has 2 aromatic carbocycles. The van der Waals surface area contributed by atoms with Gasteiger partial charge in [0.05, 0.1) is 5.56 Å². The summed E-state index contributed by atoms with van der Waals surface area (Å²) in [5.41, 5.74) is 0.593. The van der Waals surface area contributed by atoms with Crippen LogP contribution < -0.4 is 14.8 Å². The molecule has 1 fully saturated rings. The quantitative estimate of drug-likeness (QED) is 0.436. The standard InChI is InChI=1S/C27H20F4N2O4/c28-20-10-14(27(29,30)31)2-1-13(20)9-15(34)11-19-24-18-12-16(3-5-21(18)37-25(19)24)36-22-7-8-32-26-17(22)4-6-23(35)33-26/h1-3,5,7-8,10,12,19,24-25H,4,6,9,11H2,(H,32,33,35)/t19-,24+,25-/m1/s1. The maximum Gasteiger partial charge on any atom is 0.416 e. The largest absolute Gasteiger partial charge is 0.489 e. The maximum absolute atomic E-state index is 14.2. The molecule has 1 N–H and O–H groups in total. The molecule has 6 nitrogen and oxygen atoms in total. The third-order valence-electron chi connectivity index (χ3n) is 7.03. The van der Waals surface area contributed by atoms with Crippen LogP contribution in [0.5, 0.6) is 17.2 Å². The van der Waals surface area contributed by atoms with E-state index < -0.39 is 17.6 Å². The second-order valence-electron chi connectivity index (χ2n) is 9.48. The molecule has 0 radical (unpaired) electrons. The van der Waals surface area contributed by atoms with E-state index in [0.29, 0.717) is 42.0 Å². The van der Waals surface area contributed by atoms with Gasteiger partial charge in [0, 0.05) is 48.4 Å². The van der Waals surface area contributed by atoms with Gasteiger partial charge in [-0.05, 0) is 48.4 Å². The lowest BCUT2D eigenvalue weighted by atomic mass is 10.0. The van der Waals surface area contributed by atoms with Crippen LogP contribution in [0.25, 0.3) is 0 Å². The van der Waals surface area contributed by atoms with E-state index in [4.69, 9.17) is 9.47 Å². The highest BCUT2D eigenvalue weighted by molar-refractivity contribution is 5.93. The molecule has 2 aliphatic heterocycles. The van der Waals surface area contributed by atoms with Gasteiger partial charge in [-0.25, -0.2) is 9.37 Å². The Kier molecular flexibility index (Phi) is 5.43. The van der Waals surface area contributed by atoms with Crippen LogP contribution >= 0.6 is 0 Å². The van der Waals surface area contributed by atoms with Crippen molar-refractivity contribution in [3.05, 3.63) is 76.7 Å². The summed E-state index contributed by atoms with van der Waals surface area (Å²) in [5.74, 6) is 0.892. The van der Waals surface area contributed by atoms with E-state index in [1.807, 2.05) is 12.1 Å². The highest BCUT2D eigenvalue weighted by Gasteiger charge is 2.59. The summed E-state index contributed by atoms with van der Waals surface area (Å²) >= 11 is 0. The van der Waals surface area contributed by atoms with Gasteiger partial charge >= 0.3 is 6.18 Å². The number of hydrogen-bond donors (Lipinski definition) is 1. The Labute approximate surface area is 208 Å². The molecule has 6 rings (SSSR count). The number of pyridine rings is 1. The Hall–Kier alpha value is -3.95. The molecular formula is C27H20F4N2O4. The van der Waals surface area contributed by atoms with Gasteiger partial charge in [-0.3, -0.25) is 9.59 Å². The highest BCUT2D eigenvalue weighted by atomic mass is 19.4. The van der Waals surface area contributed by atoms with Gasteiger partial charge in [0.1, 0.15) is 40.8 Å². The molecule has 0 spiro atoms. The van der Waals surface area contributed by atoms with Crippen molar-refractivity contribution < 1.29 is 36.6 Å². The third kappa shape index (κ3) is 4.41. The highest BCUT2D eigenvalue weighted by Crippen LogP contribution is 2.60. The van der Waals surface area contributed by atoms with Gasteiger partial charge in [0.25, 0.3) is 0 Å². The topological polar surface area (TPSA) is 77.5 Å². The Morgan fingerprint density at radius 3 is 2.76 bits per heavy atom. The monoisotopic (exact) mass is 512 g/mol. The van der Waals surface area contributed by atoms with Gasteiger partial charge in [0.15, 0.2) is 0 Å².